The van der Waals surface area contributed by atoms with Crippen LogP contribution in [0.15, 0.2) is 60.9 Å². The van der Waals surface area contributed by atoms with Crippen LogP contribution in [0.4, 0.5) is 26.0 Å². The lowest BCUT2D eigenvalue weighted by atomic mass is 10.3. The summed E-state index contributed by atoms with van der Waals surface area (Å²) in [6, 6.07) is 11.9. The first-order valence-corrected chi connectivity index (χ1v) is 7.03. The van der Waals surface area contributed by atoms with Gasteiger partial charge in [-0.05, 0) is 24.3 Å². The van der Waals surface area contributed by atoms with E-state index in [1.165, 1.54) is 36.7 Å². The summed E-state index contributed by atoms with van der Waals surface area (Å²) in [7, 11) is 0. The Bertz CT molecular complexity index is 868. The molecule has 0 bridgehead atoms. The highest BCUT2D eigenvalue weighted by molar-refractivity contribution is 6.02. The number of anilines is 3. The van der Waals surface area contributed by atoms with Crippen molar-refractivity contribution in [2.45, 2.75) is 0 Å². The topological polar surface area (TPSA) is 66.9 Å². The average molecular weight is 326 g/mol. The number of amides is 1. The zero-order chi connectivity index (χ0) is 16.9. The Balaban J connectivity index is 1.71. The van der Waals surface area contributed by atoms with Crippen LogP contribution in [0.2, 0.25) is 0 Å². The van der Waals surface area contributed by atoms with Gasteiger partial charge in [0.25, 0.3) is 5.91 Å². The number of para-hydroxylation sites is 2. The summed E-state index contributed by atoms with van der Waals surface area (Å²) in [6.45, 7) is 0. The summed E-state index contributed by atoms with van der Waals surface area (Å²) in [5.41, 5.74) is 0.311. The first kappa shape index (κ1) is 15.5. The quantitative estimate of drug-likeness (QED) is 0.766. The lowest BCUT2D eigenvalue weighted by molar-refractivity contribution is 0.102. The Morgan fingerprint density at radius 2 is 1.46 bits per heavy atom. The molecule has 24 heavy (non-hydrogen) atoms. The molecule has 2 N–H and O–H groups in total. The van der Waals surface area contributed by atoms with Crippen molar-refractivity contribution >= 4 is 23.1 Å². The Morgan fingerprint density at radius 3 is 2.04 bits per heavy atom. The van der Waals surface area contributed by atoms with Crippen molar-refractivity contribution < 1.29 is 13.6 Å². The van der Waals surface area contributed by atoms with E-state index in [1.807, 2.05) is 0 Å². The summed E-state index contributed by atoms with van der Waals surface area (Å²) in [6.07, 6.45) is 2.52. The Kier molecular flexibility index (Phi) is 4.42. The SMILES string of the molecule is O=C(Nc1ccccc1F)c1cnc(Nc2ccccc2F)cn1. The molecule has 1 heterocycles. The minimum atomic E-state index is -0.593. The van der Waals surface area contributed by atoms with Crippen molar-refractivity contribution in [3.05, 3.63) is 78.3 Å². The Morgan fingerprint density at radius 1 is 0.833 bits per heavy atom. The number of hydrogen-bond donors (Lipinski definition) is 2. The van der Waals surface area contributed by atoms with Crippen molar-refractivity contribution in [3.63, 3.8) is 0 Å². The fraction of sp³-hybridized carbons (Fsp3) is 0. The van der Waals surface area contributed by atoms with Gasteiger partial charge in [0.1, 0.15) is 23.1 Å². The Hall–Kier alpha value is -3.35. The van der Waals surface area contributed by atoms with Gasteiger partial charge >= 0.3 is 0 Å². The molecule has 0 aliphatic carbocycles. The molecule has 0 unspecified atom stereocenters. The van der Waals surface area contributed by atoms with Gasteiger partial charge < -0.3 is 10.6 Å². The van der Waals surface area contributed by atoms with E-state index in [0.29, 0.717) is 0 Å². The molecule has 0 aliphatic heterocycles. The van der Waals surface area contributed by atoms with Crippen LogP contribution in [0.1, 0.15) is 10.5 Å². The van der Waals surface area contributed by atoms with Crippen LogP contribution >= 0.6 is 0 Å². The lowest BCUT2D eigenvalue weighted by Gasteiger charge is -2.08. The van der Waals surface area contributed by atoms with Crippen LogP contribution in [0.25, 0.3) is 0 Å². The molecule has 7 heteroatoms. The zero-order valence-electron chi connectivity index (χ0n) is 12.3. The van der Waals surface area contributed by atoms with Crippen molar-refractivity contribution in [2.75, 3.05) is 10.6 Å². The predicted molar refractivity (Wildman–Crippen MR) is 86.1 cm³/mol. The molecule has 0 spiro atoms. The normalized spacial score (nSPS) is 10.2. The number of carbonyl (C=O) groups excluding carboxylic acids is 1. The van der Waals surface area contributed by atoms with Crippen LogP contribution in [0.3, 0.4) is 0 Å². The molecule has 3 aromatic rings. The van der Waals surface area contributed by atoms with E-state index in [0.717, 1.165) is 0 Å². The molecule has 3 rings (SSSR count). The van der Waals surface area contributed by atoms with Gasteiger partial charge in [-0.2, -0.15) is 0 Å². The zero-order valence-corrected chi connectivity index (χ0v) is 12.3. The maximum absolute atomic E-state index is 13.6. The van der Waals surface area contributed by atoms with Gasteiger partial charge in [0.05, 0.1) is 23.8 Å². The third-order valence-corrected chi connectivity index (χ3v) is 3.14. The first-order valence-electron chi connectivity index (χ1n) is 7.03. The molecule has 2 aromatic carbocycles. The van der Waals surface area contributed by atoms with Crippen LogP contribution in [0.5, 0.6) is 0 Å². The molecule has 0 saturated carbocycles. The third-order valence-electron chi connectivity index (χ3n) is 3.14. The Labute approximate surface area is 136 Å². The number of hydrogen-bond acceptors (Lipinski definition) is 4. The highest BCUT2D eigenvalue weighted by Gasteiger charge is 2.11. The fourth-order valence-corrected chi connectivity index (χ4v) is 1.96. The van der Waals surface area contributed by atoms with Gasteiger partial charge in [0.15, 0.2) is 0 Å². The molecule has 0 radical (unpaired) electrons. The van der Waals surface area contributed by atoms with Crippen molar-refractivity contribution in [1.29, 1.82) is 0 Å². The van der Waals surface area contributed by atoms with Gasteiger partial charge in [0, 0.05) is 0 Å². The molecule has 0 aliphatic rings. The second-order valence-electron chi connectivity index (χ2n) is 4.83. The highest BCUT2D eigenvalue weighted by atomic mass is 19.1. The molecular formula is C17H12F2N4O. The molecule has 5 nitrogen and oxygen atoms in total. The standard InChI is InChI=1S/C17H12F2N4O/c18-11-5-1-3-7-13(11)22-16-10-20-15(9-21-16)17(24)23-14-8-4-2-6-12(14)19/h1-10H,(H,21,22)(H,23,24). The largest absolute Gasteiger partial charge is 0.337 e. The number of nitrogens with zero attached hydrogens (tertiary/aromatic N) is 2. The highest BCUT2D eigenvalue weighted by Crippen LogP contribution is 2.17. The van der Waals surface area contributed by atoms with E-state index in [1.54, 1.807) is 24.3 Å². The molecule has 120 valence electrons. The number of carbonyl (C=O) groups is 1. The summed E-state index contributed by atoms with van der Waals surface area (Å²) < 4.78 is 27.1. The van der Waals surface area contributed by atoms with Crippen molar-refractivity contribution in [2.24, 2.45) is 0 Å². The second kappa shape index (κ2) is 6.82. The molecular weight excluding hydrogens is 314 g/mol. The second-order valence-corrected chi connectivity index (χ2v) is 4.83. The predicted octanol–water partition coefficient (Wildman–Crippen LogP) is 3.75. The minimum Gasteiger partial charge on any atom is -0.337 e. The van der Waals surface area contributed by atoms with Crippen molar-refractivity contribution in [3.8, 4) is 0 Å². The number of nitrogens with one attached hydrogen (secondary N) is 2. The summed E-state index contributed by atoms with van der Waals surface area (Å²) >= 11 is 0. The summed E-state index contributed by atoms with van der Waals surface area (Å²) in [5, 5.41) is 5.16. The van der Waals surface area contributed by atoms with E-state index in [4.69, 9.17) is 0 Å². The van der Waals surface area contributed by atoms with Crippen LogP contribution < -0.4 is 10.6 Å². The smallest absolute Gasteiger partial charge is 0.275 e. The molecule has 0 atom stereocenters. The van der Waals surface area contributed by atoms with E-state index >= 15 is 0 Å². The van der Waals surface area contributed by atoms with Gasteiger partial charge in [-0.1, -0.05) is 24.3 Å². The summed E-state index contributed by atoms with van der Waals surface area (Å²) in [5.74, 6) is -1.29. The minimum absolute atomic E-state index is 0.0114. The fourth-order valence-electron chi connectivity index (χ4n) is 1.96. The number of benzene rings is 2. The van der Waals surface area contributed by atoms with Crippen molar-refractivity contribution in [1.82, 2.24) is 9.97 Å². The number of aromatic nitrogens is 2. The average Bonchev–Trinajstić information content (AvgIpc) is 2.59. The maximum atomic E-state index is 13.6. The van der Waals surface area contributed by atoms with Crippen LogP contribution in [-0.4, -0.2) is 15.9 Å². The number of rotatable bonds is 4. The first-order chi connectivity index (χ1) is 11.6. The number of halogens is 2. The monoisotopic (exact) mass is 326 g/mol. The summed E-state index contributed by atoms with van der Waals surface area (Å²) in [4.78, 5) is 20.0. The van der Waals surface area contributed by atoms with E-state index in [9.17, 15) is 13.6 Å². The van der Waals surface area contributed by atoms with Crippen LogP contribution in [-0.2, 0) is 0 Å². The van der Waals surface area contributed by atoms with Gasteiger partial charge in [-0.3, -0.25) is 4.79 Å². The van der Waals surface area contributed by atoms with Gasteiger partial charge in [-0.15, -0.1) is 0 Å². The van der Waals surface area contributed by atoms with E-state index in [-0.39, 0.29) is 22.9 Å². The lowest BCUT2D eigenvalue weighted by Crippen LogP contribution is -2.15. The van der Waals surface area contributed by atoms with Gasteiger partial charge in [-0.25, -0.2) is 18.7 Å². The van der Waals surface area contributed by atoms with Crippen LogP contribution in [0, 0.1) is 11.6 Å². The third kappa shape index (κ3) is 3.52. The molecule has 0 saturated heterocycles. The van der Waals surface area contributed by atoms with E-state index < -0.39 is 17.5 Å². The van der Waals surface area contributed by atoms with Gasteiger partial charge in [0.2, 0.25) is 0 Å². The molecule has 1 aromatic heterocycles. The molecule has 1 amide bonds. The molecule has 0 fully saturated rings. The van der Waals surface area contributed by atoms with E-state index in [2.05, 4.69) is 20.6 Å². The maximum Gasteiger partial charge on any atom is 0.275 e.